The Morgan fingerprint density at radius 1 is 1.19 bits per heavy atom. The zero-order chi connectivity index (χ0) is 15.6. The van der Waals surface area contributed by atoms with E-state index in [0.29, 0.717) is 5.69 Å². The van der Waals surface area contributed by atoms with Gasteiger partial charge < -0.3 is 16.2 Å². The number of anilines is 1. The number of carbonyl (C=O) groups excluding carboxylic acids is 2. The van der Waals surface area contributed by atoms with Gasteiger partial charge >= 0.3 is 0 Å². The van der Waals surface area contributed by atoms with Crippen LogP contribution in [-0.2, 0) is 0 Å². The summed E-state index contributed by atoms with van der Waals surface area (Å²) in [6, 6.07) is 8.34. The number of Topliss-reactive ketones (excluding diaryl/α,β-unsaturated/α-hetero) is 1. The second-order valence-electron chi connectivity index (χ2n) is 4.38. The molecule has 0 atom stereocenters. The SMILES string of the molecule is CC(=O)c1cc(Oc2cccc(F)c2C(N)=O)ccc1N. The second-order valence-corrected chi connectivity index (χ2v) is 4.38. The van der Waals surface area contributed by atoms with E-state index in [1.54, 1.807) is 0 Å². The Bertz CT molecular complexity index is 729. The van der Waals surface area contributed by atoms with Gasteiger partial charge in [0.2, 0.25) is 0 Å². The molecule has 5 nitrogen and oxygen atoms in total. The number of amides is 1. The minimum atomic E-state index is -0.940. The van der Waals surface area contributed by atoms with E-state index in [0.717, 1.165) is 6.07 Å². The van der Waals surface area contributed by atoms with Gasteiger partial charge in [0.25, 0.3) is 5.91 Å². The smallest absolute Gasteiger partial charge is 0.255 e. The predicted octanol–water partition coefficient (Wildman–Crippen LogP) is 2.50. The molecule has 0 saturated heterocycles. The van der Waals surface area contributed by atoms with E-state index in [2.05, 4.69) is 0 Å². The zero-order valence-electron chi connectivity index (χ0n) is 11.2. The van der Waals surface area contributed by atoms with E-state index in [4.69, 9.17) is 16.2 Å². The maximum absolute atomic E-state index is 13.6. The second kappa shape index (κ2) is 5.62. The first-order chi connectivity index (χ1) is 9.90. The molecule has 0 saturated carbocycles. The highest BCUT2D eigenvalue weighted by Crippen LogP contribution is 2.29. The first-order valence-corrected chi connectivity index (χ1v) is 6.06. The molecule has 2 aromatic carbocycles. The summed E-state index contributed by atoms with van der Waals surface area (Å²) in [5, 5.41) is 0. The number of nitrogens with two attached hydrogens (primary N) is 2. The lowest BCUT2D eigenvalue weighted by Gasteiger charge is -2.11. The van der Waals surface area contributed by atoms with E-state index in [1.165, 1.54) is 37.3 Å². The number of hydrogen-bond acceptors (Lipinski definition) is 4. The number of nitrogen functional groups attached to an aromatic ring is 1. The van der Waals surface area contributed by atoms with E-state index in [1.807, 2.05) is 0 Å². The summed E-state index contributed by atoms with van der Waals surface area (Å²) in [7, 11) is 0. The molecule has 1 amide bonds. The molecule has 0 heterocycles. The summed E-state index contributed by atoms with van der Waals surface area (Å²) in [6.07, 6.45) is 0. The van der Waals surface area contributed by atoms with Crippen LogP contribution in [0.3, 0.4) is 0 Å². The van der Waals surface area contributed by atoms with Gasteiger partial charge in [-0.25, -0.2) is 4.39 Å². The van der Waals surface area contributed by atoms with E-state index in [9.17, 15) is 14.0 Å². The van der Waals surface area contributed by atoms with Crippen molar-refractivity contribution in [1.82, 2.24) is 0 Å². The Labute approximate surface area is 120 Å². The highest BCUT2D eigenvalue weighted by atomic mass is 19.1. The molecule has 0 spiro atoms. The number of primary amides is 1. The van der Waals surface area contributed by atoms with Crippen molar-refractivity contribution in [2.45, 2.75) is 6.92 Å². The van der Waals surface area contributed by atoms with Gasteiger partial charge in [-0.1, -0.05) is 6.07 Å². The predicted molar refractivity (Wildman–Crippen MR) is 75.9 cm³/mol. The molecule has 0 aliphatic carbocycles. The van der Waals surface area contributed by atoms with Gasteiger partial charge in [0.1, 0.15) is 22.9 Å². The number of ether oxygens (including phenoxy) is 1. The molecule has 108 valence electrons. The molecule has 2 aromatic rings. The van der Waals surface area contributed by atoms with E-state index < -0.39 is 11.7 Å². The first kappa shape index (κ1) is 14.5. The van der Waals surface area contributed by atoms with Gasteiger partial charge in [0.05, 0.1) is 0 Å². The fourth-order valence-electron chi connectivity index (χ4n) is 1.86. The van der Waals surface area contributed by atoms with Gasteiger partial charge in [0, 0.05) is 11.3 Å². The van der Waals surface area contributed by atoms with Crippen LogP contribution in [0.4, 0.5) is 10.1 Å². The fraction of sp³-hybridized carbons (Fsp3) is 0.0667. The minimum Gasteiger partial charge on any atom is -0.456 e. The number of ketones is 1. The van der Waals surface area contributed by atoms with Crippen LogP contribution in [0.25, 0.3) is 0 Å². The number of benzene rings is 2. The van der Waals surface area contributed by atoms with Gasteiger partial charge in [-0.2, -0.15) is 0 Å². The molecule has 0 radical (unpaired) electrons. The number of hydrogen-bond donors (Lipinski definition) is 2. The average Bonchev–Trinajstić information content (AvgIpc) is 2.40. The van der Waals surface area contributed by atoms with Gasteiger partial charge in [-0.05, 0) is 37.3 Å². The average molecular weight is 288 g/mol. The molecule has 6 heteroatoms. The monoisotopic (exact) mass is 288 g/mol. The van der Waals surface area contributed by atoms with Gasteiger partial charge in [-0.3, -0.25) is 9.59 Å². The number of halogens is 1. The lowest BCUT2D eigenvalue weighted by Crippen LogP contribution is -2.14. The normalized spacial score (nSPS) is 10.2. The largest absolute Gasteiger partial charge is 0.456 e. The standard InChI is InChI=1S/C15H13FN2O3/c1-8(19)10-7-9(5-6-12(10)17)21-13-4-2-3-11(16)14(13)15(18)20/h2-7H,17H2,1H3,(H2,18,20). The topological polar surface area (TPSA) is 95.4 Å². The van der Waals surface area contributed by atoms with Crippen molar-refractivity contribution in [3.05, 3.63) is 53.3 Å². The third kappa shape index (κ3) is 3.00. The Balaban J connectivity index is 2.44. The van der Waals surface area contributed by atoms with Gasteiger partial charge in [-0.15, -0.1) is 0 Å². The molecule has 2 rings (SSSR count). The van der Waals surface area contributed by atoms with Gasteiger partial charge in [0.15, 0.2) is 5.78 Å². The zero-order valence-corrected chi connectivity index (χ0v) is 11.2. The molecule has 0 fully saturated rings. The lowest BCUT2D eigenvalue weighted by atomic mass is 10.1. The summed E-state index contributed by atoms with van der Waals surface area (Å²) >= 11 is 0. The Hall–Kier alpha value is -2.89. The van der Waals surface area contributed by atoms with Crippen molar-refractivity contribution in [3.8, 4) is 11.5 Å². The molecule has 0 bridgehead atoms. The number of carbonyl (C=O) groups is 2. The highest BCUT2D eigenvalue weighted by molar-refractivity contribution is 5.99. The molecule has 0 aliphatic heterocycles. The van der Waals surface area contributed by atoms with Crippen molar-refractivity contribution in [2.24, 2.45) is 5.73 Å². The summed E-state index contributed by atoms with van der Waals surface area (Å²) in [5.74, 6) is -1.72. The maximum atomic E-state index is 13.6. The fourth-order valence-corrected chi connectivity index (χ4v) is 1.86. The Morgan fingerprint density at radius 2 is 1.90 bits per heavy atom. The molecule has 0 aliphatic rings. The van der Waals surface area contributed by atoms with Crippen LogP contribution in [0.5, 0.6) is 11.5 Å². The minimum absolute atomic E-state index is 0.0261. The van der Waals surface area contributed by atoms with Crippen molar-refractivity contribution < 1.29 is 18.7 Å². The third-order valence-electron chi connectivity index (χ3n) is 2.85. The molecule has 21 heavy (non-hydrogen) atoms. The van der Waals surface area contributed by atoms with Crippen LogP contribution in [0, 0.1) is 5.82 Å². The van der Waals surface area contributed by atoms with E-state index >= 15 is 0 Å². The Kier molecular flexibility index (Phi) is 3.89. The first-order valence-electron chi connectivity index (χ1n) is 6.06. The van der Waals surface area contributed by atoms with Crippen LogP contribution >= 0.6 is 0 Å². The van der Waals surface area contributed by atoms with Crippen LogP contribution in [0.2, 0.25) is 0 Å². The lowest BCUT2D eigenvalue weighted by molar-refractivity contribution is 0.0990. The quantitative estimate of drug-likeness (QED) is 0.667. The summed E-state index contributed by atoms with van der Waals surface area (Å²) < 4.78 is 19.1. The summed E-state index contributed by atoms with van der Waals surface area (Å²) in [6.45, 7) is 1.37. The van der Waals surface area contributed by atoms with Crippen LogP contribution < -0.4 is 16.2 Å². The number of rotatable bonds is 4. The molecular weight excluding hydrogens is 275 g/mol. The Morgan fingerprint density at radius 3 is 2.52 bits per heavy atom. The third-order valence-corrected chi connectivity index (χ3v) is 2.85. The van der Waals surface area contributed by atoms with E-state index in [-0.39, 0.29) is 28.4 Å². The highest BCUT2D eigenvalue weighted by Gasteiger charge is 2.16. The van der Waals surface area contributed by atoms with Crippen molar-refractivity contribution in [2.75, 3.05) is 5.73 Å². The molecular formula is C15H13FN2O3. The van der Waals surface area contributed by atoms with Crippen molar-refractivity contribution >= 4 is 17.4 Å². The van der Waals surface area contributed by atoms with Crippen molar-refractivity contribution in [1.29, 1.82) is 0 Å². The summed E-state index contributed by atoms with van der Waals surface area (Å²) in [5.41, 5.74) is 11.1. The molecule has 0 aromatic heterocycles. The van der Waals surface area contributed by atoms with Crippen LogP contribution in [0.15, 0.2) is 36.4 Å². The molecule has 4 N–H and O–H groups in total. The molecule has 0 unspecified atom stereocenters. The van der Waals surface area contributed by atoms with Crippen LogP contribution in [0.1, 0.15) is 27.6 Å². The van der Waals surface area contributed by atoms with Crippen LogP contribution in [-0.4, -0.2) is 11.7 Å². The maximum Gasteiger partial charge on any atom is 0.255 e. The summed E-state index contributed by atoms with van der Waals surface area (Å²) in [4.78, 5) is 22.7. The van der Waals surface area contributed by atoms with Crippen molar-refractivity contribution in [3.63, 3.8) is 0 Å².